The fourth-order valence-electron chi connectivity index (χ4n) is 2.58. The van der Waals surface area contributed by atoms with Crippen LogP contribution >= 0.6 is 0 Å². The molecule has 1 unspecified atom stereocenters. The Bertz CT molecular complexity index is 657. The summed E-state index contributed by atoms with van der Waals surface area (Å²) in [4.78, 5) is 12.0. The number of nitrogens with one attached hydrogen (secondary N) is 1. The van der Waals surface area contributed by atoms with Gasteiger partial charge in [-0.05, 0) is 30.2 Å². The van der Waals surface area contributed by atoms with Gasteiger partial charge in [0.2, 0.25) is 0 Å². The minimum atomic E-state index is -0.498. The third-order valence-corrected chi connectivity index (χ3v) is 3.71. The van der Waals surface area contributed by atoms with E-state index in [9.17, 15) is 9.18 Å². The molecule has 108 valence electrons. The van der Waals surface area contributed by atoms with Gasteiger partial charge in [0.1, 0.15) is 11.6 Å². The van der Waals surface area contributed by atoms with E-state index in [1.165, 1.54) is 12.1 Å². The Balaban J connectivity index is 1.69. The zero-order chi connectivity index (χ0) is 14.7. The van der Waals surface area contributed by atoms with Gasteiger partial charge in [-0.2, -0.15) is 0 Å². The highest BCUT2D eigenvalue weighted by Crippen LogP contribution is 2.32. The lowest BCUT2D eigenvalue weighted by Crippen LogP contribution is -2.31. The molecule has 1 atom stereocenters. The average Bonchev–Trinajstić information content (AvgIpc) is 2.53. The van der Waals surface area contributed by atoms with Crippen LogP contribution in [-0.2, 0) is 0 Å². The second kappa shape index (κ2) is 5.95. The van der Waals surface area contributed by atoms with Gasteiger partial charge in [-0.1, -0.05) is 30.3 Å². The molecule has 2 aromatic carbocycles. The van der Waals surface area contributed by atoms with Crippen molar-refractivity contribution in [2.24, 2.45) is 0 Å². The maximum absolute atomic E-state index is 13.6. The molecule has 3 nitrogen and oxygen atoms in total. The summed E-state index contributed by atoms with van der Waals surface area (Å²) >= 11 is 0. The molecule has 0 saturated carbocycles. The maximum atomic E-state index is 13.6. The number of para-hydroxylation sites is 1. The summed E-state index contributed by atoms with van der Waals surface area (Å²) in [5.41, 5.74) is 1.18. The lowest BCUT2D eigenvalue weighted by molar-refractivity contribution is 0.0944. The van der Waals surface area contributed by atoms with Gasteiger partial charge >= 0.3 is 0 Å². The second-order valence-electron chi connectivity index (χ2n) is 5.06. The van der Waals surface area contributed by atoms with Gasteiger partial charge < -0.3 is 10.1 Å². The highest BCUT2D eigenvalue weighted by Gasteiger charge is 2.22. The maximum Gasteiger partial charge on any atom is 0.254 e. The van der Waals surface area contributed by atoms with E-state index in [0.717, 1.165) is 17.7 Å². The van der Waals surface area contributed by atoms with E-state index in [2.05, 4.69) is 5.32 Å². The number of hydrogen-bond acceptors (Lipinski definition) is 2. The number of ether oxygens (including phenoxy) is 1. The van der Waals surface area contributed by atoms with E-state index in [1.54, 1.807) is 12.1 Å². The Morgan fingerprint density at radius 2 is 1.95 bits per heavy atom. The number of halogens is 1. The first-order valence-corrected chi connectivity index (χ1v) is 7.00. The molecule has 1 N–H and O–H groups in total. The van der Waals surface area contributed by atoms with Crippen LogP contribution in [0.5, 0.6) is 5.75 Å². The van der Waals surface area contributed by atoms with Gasteiger partial charge in [-0.3, -0.25) is 4.79 Å². The van der Waals surface area contributed by atoms with Crippen LogP contribution in [0.25, 0.3) is 0 Å². The van der Waals surface area contributed by atoms with Crippen molar-refractivity contribution < 1.29 is 13.9 Å². The van der Waals surface area contributed by atoms with Crippen LogP contribution in [0.4, 0.5) is 4.39 Å². The van der Waals surface area contributed by atoms with E-state index < -0.39 is 5.82 Å². The third-order valence-electron chi connectivity index (χ3n) is 3.71. The van der Waals surface area contributed by atoms with Gasteiger partial charge in [0.15, 0.2) is 0 Å². The van der Waals surface area contributed by atoms with Gasteiger partial charge in [-0.15, -0.1) is 0 Å². The Hall–Kier alpha value is -2.36. The first-order valence-electron chi connectivity index (χ1n) is 7.00. The van der Waals surface area contributed by atoms with Crippen LogP contribution in [0.1, 0.15) is 28.3 Å². The van der Waals surface area contributed by atoms with Crippen LogP contribution in [0.15, 0.2) is 48.5 Å². The van der Waals surface area contributed by atoms with Crippen molar-refractivity contribution in [3.05, 3.63) is 65.5 Å². The fraction of sp³-hybridized carbons (Fsp3) is 0.235. The van der Waals surface area contributed by atoms with Gasteiger partial charge in [0, 0.05) is 12.5 Å². The Morgan fingerprint density at radius 3 is 2.81 bits per heavy atom. The summed E-state index contributed by atoms with van der Waals surface area (Å²) in [5.74, 6) is 0.194. The minimum absolute atomic E-state index is 0.0813. The van der Waals surface area contributed by atoms with E-state index in [1.807, 2.05) is 24.3 Å². The molecule has 1 amide bonds. The molecular weight excluding hydrogens is 269 g/mol. The summed E-state index contributed by atoms with van der Waals surface area (Å²) in [7, 11) is 0. The van der Waals surface area contributed by atoms with Crippen molar-refractivity contribution in [1.82, 2.24) is 5.32 Å². The SMILES string of the molecule is O=C(NCC1CCOc2ccccc21)c1ccccc1F. The van der Waals surface area contributed by atoms with E-state index in [4.69, 9.17) is 4.74 Å². The zero-order valence-electron chi connectivity index (χ0n) is 11.5. The molecule has 1 aliphatic heterocycles. The van der Waals surface area contributed by atoms with E-state index in [-0.39, 0.29) is 17.4 Å². The molecule has 0 aliphatic carbocycles. The molecule has 0 radical (unpaired) electrons. The molecule has 4 heteroatoms. The van der Waals surface area contributed by atoms with Crippen molar-refractivity contribution in [3.63, 3.8) is 0 Å². The first-order chi connectivity index (χ1) is 10.3. The van der Waals surface area contributed by atoms with Gasteiger partial charge in [0.25, 0.3) is 5.91 Å². The number of carbonyl (C=O) groups is 1. The van der Waals surface area contributed by atoms with Gasteiger partial charge in [-0.25, -0.2) is 4.39 Å². The highest BCUT2D eigenvalue weighted by molar-refractivity contribution is 5.94. The quantitative estimate of drug-likeness (QED) is 0.941. The Labute approximate surface area is 122 Å². The molecule has 0 fully saturated rings. The Kier molecular flexibility index (Phi) is 3.86. The minimum Gasteiger partial charge on any atom is -0.493 e. The summed E-state index contributed by atoms with van der Waals surface area (Å²) in [6.07, 6.45) is 0.842. The number of carbonyl (C=O) groups excluding carboxylic acids is 1. The topological polar surface area (TPSA) is 38.3 Å². The van der Waals surface area contributed by atoms with Crippen molar-refractivity contribution in [2.45, 2.75) is 12.3 Å². The molecule has 2 aromatic rings. The van der Waals surface area contributed by atoms with Gasteiger partial charge in [0.05, 0.1) is 12.2 Å². The van der Waals surface area contributed by atoms with E-state index in [0.29, 0.717) is 13.2 Å². The molecular formula is C17H16FNO2. The number of hydrogen-bond donors (Lipinski definition) is 1. The summed E-state index contributed by atoms with van der Waals surface area (Å²) in [6.45, 7) is 1.12. The van der Waals surface area contributed by atoms with Crippen molar-refractivity contribution >= 4 is 5.91 Å². The lowest BCUT2D eigenvalue weighted by atomic mass is 9.93. The van der Waals surface area contributed by atoms with Crippen molar-refractivity contribution in [1.29, 1.82) is 0 Å². The molecule has 21 heavy (non-hydrogen) atoms. The number of fused-ring (bicyclic) bond motifs is 1. The molecule has 0 bridgehead atoms. The molecule has 0 spiro atoms. The van der Waals surface area contributed by atoms with E-state index >= 15 is 0 Å². The Morgan fingerprint density at radius 1 is 1.19 bits per heavy atom. The molecule has 1 aliphatic rings. The second-order valence-corrected chi connectivity index (χ2v) is 5.06. The predicted molar refractivity (Wildman–Crippen MR) is 78.0 cm³/mol. The fourth-order valence-corrected chi connectivity index (χ4v) is 2.58. The van der Waals surface area contributed by atoms with Crippen LogP contribution in [-0.4, -0.2) is 19.1 Å². The lowest BCUT2D eigenvalue weighted by Gasteiger charge is -2.26. The number of benzene rings is 2. The van der Waals surface area contributed by atoms with Crippen LogP contribution < -0.4 is 10.1 Å². The largest absolute Gasteiger partial charge is 0.493 e. The predicted octanol–water partition coefficient (Wildman–Crippen LogP) is 3.12. The number of amides is 1. The zero-order valence-corrected chi connectivity index (χ0v) is 11.5. The summed E-state index contributed by atoms with van der Waals surface area (Å²) in [6, 6.07) is 13.8. The van der Waals surface area contributed by atoms with Crippen molar-refractivity contribution in [3.8, 4) is 5.75 Å². The average molecular weight is 285 g/mol. The summed E-state index contributed by atoms with van der Waals surface area (Å²) in [5, 5.41) is 2.82. The normalized spacial score (nSPS) is 16.7. The summed E-state index contributed by atoms with van der Waals surface area (Å²) < 4.78 is 19.2. The smallest absolute Gasteiger partial charge is 0.254 e. The van der Waals surface area contributed by atoms with Crippen LogP contribution in [0, 0.1) is 5.82 Å². The standard InChI is InChI=1S/C17H16FNO2/c18-15-7-3-1-6-14(15)17(20)19-11-12-9-10-21-16-8-4-2-5-13(12)16/h1-8,12H,9-11H2,(H,19,20). The molecule has 0 saturated heterocycles. The molecule has 1 heterocycles. The monoisotopic (exact) mass is 285 g/mol. The molecule has 3 rings (SSSR count). The highest BCUT2D eigenvalue weighted by atomic mass is 19.1. The number of rotatable bonds is 3. The van der Waals surface area contributed by atoms with Crippen LogP contribution in [0.2, 0.25) is 0 Å². The third kappa shape index (κ3) is 2.89. The van der Waals surface area contributed by atoms with Crippen molar-refractivity contribution in [2.75, 3.05) is 13.2 Å². The first kappa shape index (κ1) is 13.6. The molecule has 0 aromatic heterocycles. The van der Waals surface area contributed by atoms with Crippen LogP contribution in [0.3, 0.4) is 0 Å².